The number of fused-ring (bicyclic) bond motifs is 3. The Morgan fingerprint density at radius 2 is 2.22 bits per heavy atom. The Balaban J connectivity index is 2.07. The largest absolute Gasteiger partial charge is 0.507 e. The normalized spacial score (nSPS) is 31.8. The number of aryl methyl sites for hydroxylation is 1. The summed E-state index contributed by atoms with van der Waals surface area (Å²) in [4.78, 5) is 0. The first-order chi connectivity index (χ1) is 12.2. The number of phenolic OH excluding ortho intramolecular Hbond substituents is 1. The van der Waals surface area contributed by atoms with Gasteiger partial charge in [0.05, 0.1) is 0 Å². The molecule has 1 N–H and O–H groups in total. The van der Waals surface area contributed by atoms with E-state index >= 15 is 0 Å². The number of hydrogen-bond donors (Lipinski definition) is 1. The van der Waals surface area contributed by atoms with Gasteiger partial charge in [-0.05, 0) is 64.1 Å². The number of aromatic hydroxyl groups is 1. The maximum Gasteiger partial charge on any atom is 0.127 e. The molecule has 0 fully saturated rings. The molecule has 0 amide bonds. The van der Waals surface area contributed by atoms with E-state index in [0.717, 1.165) is 49.7 Å². The van der Waals surface area contributed by atoms with Crippen LogP contribution in [0.25, 0.3) is 0 Å². The van der Waals surface area contributed by atoms with Crippen LogP contribution in [0.5, 0.6) is 11.5 Å². The summed E-state index contributed by atoms with van der Waals surface area (Å²) >= 11 is 0. The third-order valence-corrected chi connectivity index (χ3v) is 5.36. The highest BCUT2D eigenvalue weighted by atomic mass is 16.5. The third-order valence-electron chi connectivity index (χ3n) is 5.36. The van der Waals surface area contributed by atoms with Crippen LogP contribution >= 0.6 is 0 Å². The van der Waals surface area contributed by atoms with Gasteiger partial charge in [0, 0.05) is 21.5 Å². The standard InChI is InChI=1S/C21H30O2/c1-5-6-7-8-15-12-18(22)20-16-11-14(2)9-10-17(16)21(3,4)23-19(20)13-15/h11-13,16-17,22H,5-10H2,1-4H3/t16?,17-/m1/s1/i3D3/t16?,17-,21?. The first-order valence-electron chi connectivity index (χ1n) is 10.4. The van der Waals surface area contributed by atoms with Gasteiger partial charge >= 0.3 is 0 Å². The van der Waals surface area contributed by atoms with Gasteiger partial charge in [-0.2, -0.15) is 0 Å². The van der Waals surface area contributed by atoms with E-state index in [0.29, 0.717) is 5.75 Å². The zero-order valence-electron chi connectivity index (χ0n) is 17.5. The van der Waals surface area contributed by atoms with Crippen LogP contribution in [0.2, 0.25) is 0 Å². The lowest BCUT2D eigenvalue weighted by molar-refractivity contribution is 0.0107. The van der Waals surface area contributed by atoms with Crippen molar-refractivity contribution >= 4 is 0 Å². The van der Waals surface area contributed by atoms with E-state index in [9.17, 15) is 5.11 Å². The molecule has 3 rings (SSSR count). The van der Waals surface area contributed by atoms with Crippen LogP contribution in [0.1, 0.15) is 80.9 Å². The van der Waals surface area contributed by atoms with E-state index in [1.165, 1.54) is 5.57 Å². The molecule has 2 aliphatic rings. The summed E-state index contributed by atoms with van der Waals surface area (Å²) in [5, 5.41) is 10.7. The predicted molar refractivity (Wildman–Crippen MR) is 95.3 cm³/mol. The highest BCUT2D eigenvalue weighted by Crippen LogP contribution is 2.53. The van der Waals surface area contributed by atoms with Crippen molar-refractivity contribution in [1.29, 1.82) is 0 Å². The lowest BCUT2D eigenvalue weighted by Crippen LogP contribution is -2.45. The van der Waals surface area contributed by atoms with Gasteiger partial charge in [-0.15, -0.1) is 0 Å². The lowest BCUT2D eigenvalue weighted by atomic mass is 9.68. The second kappa shape index (κ2) is 6.22. The first kappa shape index (κ1) is 12.9. The number of rotatable bonds is 4. The minimum absolute atomic E-state index is 0.109. The summed E-state index contributed by atoms with van der Waals surface area (Å²) in [5.41, 5.74) is 1.78. The molecule has 0 aromatic heterocycles. The van der Waals surface area contributed by atoms with Crippen molar-refractivity contribution in [2.45, 2.75) is 77.7 Å². The zero-order valence-corrected chi connectivity index (χ0v) is 14.5. The maximum atomic E-state index is 10.7. The predicted octanol–water partition coefficient (Wildman–Crippen LogP) is 5.74. The second-order valence-corrected chi connectivity index (χ2v) is 7.38. The maximum absolute atomic E-state index is 10.7. The fourth-order valence-electron chi connectivity index (χ4n) is 4.09. The van der Waals surface area contributed by atoms with Crippen molar-refractivity contribution in [3.63, 3.8) is 0 Å². The smallest absolute Gasteiger partial charge is 0.127 e. The van der Waals surface area contributed by atoms with Crippen molar-refractivity contribution < 1.29 is 14.0 Å². The van der Waals surface area contributed by atoms with E-state index in [-0.39, 0.29) is 17.6 Å². The zero-order chi connectivity index (χ0) is 19.1. The van der Waals surface area contributed by atoms with Crippen molar-refractivity contribution in [1.82, 2.24) is 0 Å². The molecule has 1 aliphatic carbocycles. The monoisotopic (exact) mass is 317 g/mol. The molecule has 0 spiro atoms. The topological polar surface area (TPSA) is 29.5 Å². The van der Waals surface area contributed by atoms with Crippen molar-refractivity contribution in [3.05, 3.63) is 34.9 Å². The summed E-state index contributed by atoms with van der Waals surface area (Å²) in [5.74, 6) is 0.510. The van der Waals surface area contributed by atoms with Gasteiger partial charge in [0.15, 0.2) is 0 Å². The molecule has 2 heteroatoms. The van der Waals surface area contributed by atoms with E-state index in [4.69, 9.17) is 8.85 Å². The molecule has 0 bridgehead atoms. The summed E-state index contributed by atoms with van der Waals surface area (Å²) in [6.07, 6.45) is 7.97. The molecular weight excluding hydrogens is 284 g/mol. The SMILES string of the molecule is [2H]C([2H])([2H])C1(C)Oc2cc(CCCCC)cc(O)c2C2C=C(C)CC[C@H]21. The number of benzene rings is 1. The fourth-order valence-corrected chi connectivity index (χ4v) is 4.09. The Bertz CT molecular complexity index is 708. The van der Waals surface area contributed by atoms with Gasteiger partial charge in [-0.25, -0.2) is 0 Å². The van der Waals surface area contributed by atoms with E-state index in [1.807, 2.05) is 12.1 Å². The Morgan fingerprint density at radius 3 is 2.96 bits per heavy atom. The van der Waals surface area contributed by atoms with Gasteiger partial charge < -0.3 is 9.84 Å². The molecule has 1 aromatic rings. The minimum atomic E-state index is -2.22. The molecule has 126 valence electrons. The number of ether oxygens (including phenoxy) is 1. The molecule has 23 heavy (non-hydrogen) atoms. The van der Waals surface area contributed by atoms with Crippen LogP contribution < -0.4 is 4.74 Å². The van der Waals surface area contributed by atoms with Gasteiger partial charge in [-0.1, -0.05) is 31.4 Å². The first-order valence-corrected chi connectivity index (χ1v) is 8.89. The fraction of sp³-hybridized carbons (Fsp3) is 0.619. The number of allylic oxidation sites excluding steroid dienone is 2. The second-order valence-electron chi connectivity index (χ2n) is 7.38. The average molecular weight is 317 g/mol. The van der Waals surface area contributed by atoms with Crippen molar-refractivity contribution in [3.8, 4) is 11.5 Å². The molecule has 1 aliphatic heterocycles. The van der Waals surface area contributed by atoms with Crippen LogP contribution in [0, 0.1) is 5.92 Å². The average Bonchev–Trinajstić information content (AvgIpc) is 2.53. The van der Waals surface area contributed by atoms with E-state index in [2.05, 4.69) is 19.9 Å². The molecule has 1 aromatic carbocycles. The Hall–Kier alpha value is -1.44. The molecule has 3 atom stereocenters. The van der Waals surface area contributed by atoms with Crippen LogP contribution in [0.3, 0.4) is 0 Å². The van der Waals surface area contributed by atoms with Gasteiger partial charge in [-0.3, -0.25) is 0 Å². The Labute approximate surface area is 144 Å². The lowest BCUT2D eigenvalue weighted by Gasteiger charge is -2.46. The van der Waals surface area contributed by atoms with Crippen LogP contribution in [-0.2, 0) is 6.42 Å². The summed E-state index contributed by atoms with van der Waals surface area (Å²) in [6.45, 7) is 3.73. The van der Waals surface area contributed by atoms with Gasteiger partial charge in [0.2, 0.25) is 0 Å². The third kappa shape index (κ3) is 3.13. The molecule has 2 nitrogen and oxygen atoms in total. The highest BCUT2D eigenvalue weighted by molar-refractivity contribution is 5.53. The Kier molecular flexibility index (Phi) is 3.49. The molecule has 0 saturated heterocycles. The molecule has 0 saturated carbocycles. The van der Waals surface area contributed by atoms with E-state index in [1.54, 1.807) is 6.92 Å². The summed E-state index contributed by atoms with van der Waals surface area (Å²) in [7, 11) is 0. The van der Waals surface area contributed by atoms with Gasteiger partial charge in [0.1, 0.15) is 17.1 Å². The van der Waals surface area contributed by atoms with Crippen molar-refractivity contribution in [2.75, 3.05) is 0 Å². The van der Waals surface area contributed by atoms with Crippen LogP contribution in [0.15, 0.2) is 23.8 Å². The van der Waals surface area contributed by atoms with Gasteiger partial charge in [0.25, 0.3) is 0 Å². The summed E-state index contributed by atoms with van der Waals surface area (Å²) < 4.78 is 30.5. The quantitative estimate of drug-likeness (QED) is 0.567. The van der Waals surface area contributed by atoms with Crippen LogP contribution in [0.4, 0.5) is 0 Å². The van der Waals surface area contributed by atoms with Crippen molar-refractivity contribution in [2.24, 2.45) is 5.92 Å². The number of hydrogen-bond acceptors (Lipinski definition) is 2. The molecule has 1 heterocycles. The summed E-state index contributed by atoms with van der Waals surface area (Å²) in [6, 6.07) is 3.79. The highest BCUT2D eigenvalue weighted by Gasteiger charge is 2.45. The molecule has 0 radical (unpaired) electrons. The Morgan fingerprint density at radius 1 is 1.39 bits per heavy atom. The molecular formula is C21H30O2. The minimum Gasteiger partial charge on any atom is -0.507 e. The van der Waals surface area contributed by atoms with Crippen LogP contribution in [-0.4, -0.2) is 10.7 Å². The number of unbranched alkanes of at least 4 members (excludes halogenated alkanes) is 2. The molecule has 2 unspecified atom stereocenters. The van der Waals surface area contributed by atoms with E-state index < -0.39 is 12.5 Å². The number of phenols is 1.